The molecule has 6 heteroatoms. The van der Waals surface area contributed by atoms with Crippen LogP contribution < -0.4 is 15.1 Å². The number of aromatic nitrogens is 3. The number of nitrogens with zero attached hydrogens (tertiary/aromatic N) is 5. The van der Waals surface area contributed by atoms with Crippen LogP contribution in [0, 0.1) is 6.92 Å². The molecular weight excluding hydrogens is 348 g/mol. The molecule has 2 aromatic carbocycles. The first kappa shape index (κ1) is 18.2. The van der Waals surface area contributed by atoms with E-state index in [9.17, 15) is 0 Å². The van der Waals surface area contributed by atoms with Crippen molar-refractivity contribution in [1.82, 2.24) is 15.2 Å². The lowest BCUT2D eigenvalue weighted by molar-refractivity contribution is 0.635. The predicted molar refractivity (Wildman–Crippen MR) is 115 cm³/mol. The van der Waals surface area contributed by atoms with E-state index in [1.807, 2.05) is 6.07 Å². The quantitative estimate of drug-likeness (QED) is 0.733. The Morgan fingerprint density at radius 3 is 2.54 bits per heavy atom. The van der Waals surface area contributed by atoms with Crippen molar-refractivity contribution in [2.45, 2.75) is 20.3 Å². The zero-order valence-electron chi connectivity index (χ0n) is 16.5. The zero-order chi connectivity index (χ0) is 19.3. The van der Waals surface area contributed by atoms with Gasteiger partial charge in [-0.05, 0) is 42.7 Å². The normalized spacial score (nSPS) is 14.2. The van der Waals surface area contributed by atoms with Gasteiger partial charge in [-0.3, -0.25) is 0 Å². The molecule has 1 aliphatic heterocycles. The second kappa shape index (κ2) is 8.25. The van der Waals surface area contributed by atoms with E-state index < -0.39 is 0 Å². The van der Waals surface area contributed by atoms with Gasteiger partial charge in [0.15, 0.2) is 5.82 Å². The van der Waals surface area contributed by atoms with Crippen LogP contribution in [-0.2, 0) is 6.42 Å². The third-order valence-electron chi connectivity index (χ3n) is 5.14. The first-order valence-corrected chi connectivity index (χ1v) is 9.84. The number of piperazine rings is 1. The van der Waals surface area contributed by atoms with Crippen LogP contribution in [0.15, 0.2) is 54.7 Å². The van der Waals surface area contributed by atoms with Gasteiger partial charge in [-0.25, -0.2) is 0 Å². The molecule has 6 nitrogen and oxygen atoms in total. The van der Waals surface area contributed by atoms with Gasteiger partial charge >= 0.3 is 0 Å². The Hall–Kier alpha value is -3.15. The maximum absolute atomic E-state index is 4.70. The topological polar surface area (TPSA) is 57.2 Å². The molecule has 0 unspecified atom stereocenters. The fraction of sp³-hybridized carbons (Fsp3) is 0.318. The summed E-state index contributed by atoms with van der Waals surface area (Å²) in [6.07, 6.45) is 2.65. The van der Waals surface area contributed by atoms with Crippen LogP contribution in [0.1, 0.15) is 18.1 Å². The minimum absolute atomic E-state index is 0.683. The Kier molecular flexibility index (Phi) is 5.37. The number of benzene rings is 2. The highest BCUT2D eigenvalue weighted by atomic mass is 15.4. The Labute approximate surface area is 166 Å². The summed E-state index contributed by atoms with van der Waals surface area (Å²) in [7, 11) is 0. The van der Waals surface area contributed by atoms with E-state index in [-0.39, 0.29) is 0 Å². The largest absolute Gasteiger partial charge is 0.368 e. The average molecular weight is 374 g/mol. The molecule has 3 aromatic rings. The van der Waals surface area contributed by atoms with Crippen LogP contribution in [0.5, 0.6) is 0 Å². The molecule has 4 rings (SSSR count). The van der Waals surface area contributed by atoms with Crippen LogP contribution in [0.4, 0.5) is 23.1 Å². The van der Waals surface area contributed by atoms with Gasteiger partial charge in [-0.15, -0.1) is 5.10 Å². The molecule has 0 atom stereocenters. The molecule has 0 saturated carbocycles. The van der Waals surface area contributed by atoms with Crippen molar-refractivity contribution in [3.63, 3.8) is 0 Å². The maximum Gasteiger partial charge on any atom is 0.247 e. The smallest absolute Gasteiger partial charge is 0.247 e. The number of nitrogens with one attached hydrogen (secondary N) is 1. The van der Waals surface area contributed by atoms with Crippen molar-refractivity contribution in [1.29, 1.82) is 0 Å². The Morgan fingerprint density at radius 2 is 1.75 bits per heavy atom. The Bertz CT molecular complexity index is 934. The first-order chi connectivity index (χ1) is 13.7. The lowest BCUT2D eigenvalue weighted by Crippen LogP contribution is -2.47. The molecule has 28 heavy (non-hydrogen) atoms. The van der Waals surface area contributed by atoms with Gasteiger partial charge in [0.25, 0.3) is 0 Å². The molecule has 2 heterocycles. The molecule has 0 amide bonds. The molecule has 1 saturated heterocycles. The molecule has 1 N–H and O–H groups in total. The van der Waals surface area contributed by atoms with Gasteiger partial charge in [0.1, 0.15) is 0 Å². The van der Waals surface area contributed by atoms with Crippen LogP contribution in [-0.4, -0.2) is 41.4 Å². The number of aryl methyl sites for hydroxylation is 2. The summed E-state index contributed by atoms with van der Waals surface area (Å²) >= 11 is 0. The van der Waals surface area contributed by atoms with Crippen LogP contribution in [0.25, 0.3) is 0 Å². The number of rotatable bonds is 5. The number of hydrogen-bond acceptors (Lipinski definition) is 6. The van der Waals surface area contributed by atoms with Crippen LogP contribution in [0.2, 0.25) is 0 Å². The second-order valence-electron chi connectivity index (χ2n) is 7.09. The van der Waals surface area contributed by atoms with Crippen molar-refractivity contribution in [2.75, 3.05) is 41.3 Å². The Morgan fingerprint density at radius 1 is 0.964 bits per heavy atom. The molecule has 144 valence electrons. The van der Waals surface area contributed by atoms with Gasteiger partial charge in [0.2, 0.25) is 5.95 Å². The van der Waals surface area contributed by atoms with Crippen molar-refractivity contribution in [3.8, 4) is 0 Å². The van der Waals surface area contributed by atoms with Gasteiger partial charge < -0.3 is 15.1 Å². The molecule has 1 fully saturated rings. The standard InChI is InChI=1S/C22H26N6/c1-3-18-8-4-5-10-20(18)24-21-16-23-26-22(25-21)28-13-11-27(12-14-28)19-9-6-7-17(2)15-19/h4-10,15-16H,3,11-14H2,1-2H3,(H,24,25,26). The van der Waals surface area contributed by atoms with E-state index in [1.165, 1.54) is 16.8 Å². The van der Waals surface area contributed by atoms with Crippen LogP contribution >= 0.6 is 0 Å². The fourth-order valence-corrected chi connectivity index (χ4v) is 3.57. The van der Waals surface area contributed by atoms with E-state index in [4.69, 9.17) is 4.98 Å². The summed E-state index contributed by atoms with van der Waals surface area (Å²) in [6, 6.07) is 17.0. The zero-order valence-corrected chi connectivity index (χ0v) is 16.5. The lowest BCUT2D eigenvalue weighted by atomic mass is 10.1. The molecule has 1 aliphatic rings. The summed E-state index contributed by atoms with van der Waals surface area (Å²) in [6.45, 7) is 7.94. The van der Waals surface area contributed by atoms with Crippen molar-refractivity contribution in [3.05, 3.63) is 65.9 Å². The summed E-state index contributed by atoms with van der Waals surface area (Å²) in [5.74, 6) is 1.41. The fourth-order valence-electron chi connectivity index (χ4n) is 3.57. The minimum Gasteiger partial charge on any atom is -0.368 e. The highest BCUT2D eigenvalue weighted by Crippen LogP contribution is 2.22. The molecular formula is C22H26N6. The summed E-state index contributed by atoms with van der Waals surface area (Å²) < 4.78 is 0. The van der Waals surface area contributed by atoms with Gasteiger partial charge in [-0.1, -0.05) is 37.3 Å². The average Bonchev–Trinajstić information content (AvgIpc) is 2.74. The van der Waals surface area contributed by atoms with Gasteiger partial charge in [-0.2, -0.15) is 10.1 Å². The maximum atomic E-state index is 4.70. The van der Waals surface area contributed by atoms with E-state index >= 15 is 0 Å². The van der Waals surface area contributed by atoms with E-state index in [1.54, 1.807) is 6.20 Å². The minimum atomic E-state index is 0.683. The predicted octanol–water partition coefficient (Wildman–Crippen LogP) is 3.81. The van der Waals surface area contributed by atoms with E-state index in [2.05, 4.69) is 81.6 Å². The number of para-hydroxylation sites is 1. The van der Waals surface area contributed by atoms with Gasteiger partial charge in [0, 0.05) is 37.6 Å². The van der Waals surface area contributed by atoms with E-state index in [0.29, 0.717) is 5.95 Å². The summed E-state index contributed by atoms with van der Waals surface area (Å²) in [5, 5.41) is 11.8. The van der Waals surface area contributed by atoms with Gasteiger partial charge in [0.05, 0.1) is 6.20 Å². The second-order valence-corrected chi connectivity index (χ2v) is 7.09. The third-order valence-corrected chi connectivity index (χ3v) is 5.14. The number of hydrogen-bond donors (Lipinski definition) is 1. The first-order valence-electron chi connectivity index (χ1n) is 9.84. The monoisotopic (exact) mass is 374 g/mol. The molecule has 1 aromatic heterocycles. The summed E-state index contributed by atoms with van der Waals surface area (Å²) in [5.41, 5.74) is 4.90. The highest BCUT2D eigenvalue weighted by Gasteiger charge is 2.20. The van der Waals surface area contributed by atoms with Crippen molar-refractivity contribution < 1.29 is 0 Å². The van der Waals surface area contributed by atoms with Crippen molar-refractivity contribution in [2.24, 2.45) is 0 Å². The molecule has 0 radical (unpaired) electrons. The number of anilines is 4. The third kappa shape index (κ3) is 4.06. The highest BCUT2D eigenvalue weighted by molar-refractivity contribution is 5.60. The SMILES string of the molecule is CCc1ccccc1Nc1cnnc(N2CCN(c3cccc(C)c3)CC2)n1. The summed E-state index contributed by atoms with van der Waals surface area (Å²) in [4.78, 5) is 9.32. The van der Waals surface area contributed by atoms with Crippen molar-refractivity contribution >= 4 is 23.1 Å². The van der Waals surface area contributed by atoms with E-state index in [0.717, 1.165) is 44.1 Å². The Balaban J connectivity index is 1.44. The molecule has 0 spiro atoms. The van der Waals surface area contributed by atoms with Crippen LogP contribution in [0.3, 0.4) is 0 Å². The lowest BCUT2D eigenvalue weighted by Gasteiger charge is -2.36. The molecule has 0 bridgehead atoms. The molecule has 0 aliphatic carbocycles.